The van der Waals surface area contributed by atoms with Gasteiger partial charge in [-0.05, 0) is 42.7 Å². The summed E-state index contributed by atoms with van der Waals surface area (Å²) >= 11 is 1.78. The Morgan fingerprint density at radius 3 is 2.76 bits per heavy atom. The molecule has 112 valence electrons. The molecule has 1 saturated heterocycles. The molecule has 3 heteroatoms. The predicted octanol–water partition coefficient (Wildman–Crippen LogP) is 3.74. The van der Waals surface area contributed by atoms with Gasteiger partial charge in [0.15, 0.2) is 0 Å². The molecule has 0 radical (unpaired) electrons. The first kappa shape index (κ1) is 13.7. The topological polar surface area (TPSA) is 20.3 Å². The zero-order valence-electron chi connectivity index (χ0n) is 12.5. The molecule has 21 heavy (non-hydrogen) atoms. The molecule has 1 aromatic rings. The van der Waals surface area contributed by atoms with Crippen LogP contribution in [0.4, 0.5) is 0 Å². The van der Waals surface area contributed by atoms with E-state index >= 15 is 0 Å². The second kappa shape index (κ2) is 5.68. The molecule has 2 fully saturated rings. The Morgan fingerprint density at radius 2 is 1.90 bits per heavy atom. The van der Waals surface area contributed by atoms with Gasteiger partial charge >= 0.3 is 0 Å². The maximum absolute atomic E-state index is 12.8. The van der Waals surface area contributed by atoms with Crippen molar-refractivity contribution in [1.29, 1.82) is 0 Å². The fourth-order valence-corrected chi connectivity index (χ4v) is 5.60. The molecule has 0 aromatic heterocycles. The molecule has 1 aliphatic carbocycles. The highest BCUT2D eigenvalue weighted by Gasteiger charge is 2.37. The number of fused-ring (bicyclic) bond motifs is 2. The number of hydrogen-bond acceptors (Lipinski definition) is 2. The summed E-state index contributed by atoms with van der Waals surface area (Å²) < 4.78 is 0. The summed E-state index contributed by atoms with van der Waals surface area (Å²) in [7, 11) is 0. The smallest absolute Gasteiger partial charge is 0.236 e. The molecular weight excluding hydrogens is 278 g/mol. The zero-order valence-corrected chi connectivity index (χ0v) is 13.3. The molecule has 2 heterocycles. The lowest BCUT2D eigenvalue weighted by molar-refractivity contribution is -0.133. The summed E-state index contributed by atoms with van der Waals surface area (Å²) in [5.41, 5.74) is 1.36. The van der Waals surface area contributed by atoms with Crippen LogP contribution in [0.25, 0.3) is 0 Å². The van der Waals surface area contributed by atoms with Crippen LogP contribution in [-0.4, -0.2) is 29.1 Å². The first-order chi connectivity index (χ1) is 10.3. The van der Waals surface area contributed by atoms with Crippen molar-refractivity contribution in [2.45, 2.75) is 48.7 Å². The van der Waals surface area contributed by atoms with Crippen molar-refractivity contribution in [2.24, 2.45) is 11.8 Å². The van der Waals surface area contributed by atoms with Gasteiger partial charge in [0.25, 0.3) is 0 Å². The number of rotatable bonds is 1. The Bertz CT molecular complexity index is 519. The van der Waals surface area contributed by atoms with E-state index in [1.165, 1.54) is 42.6 Å². The molecule has 2 nitrogen and oxygen atoms in total. The summed E-state index contributed by atoms with van der Waals surface area (Å²) in [5, 5.41) is 0.127. The lowest BCUT2D eigenvalue weighted by Crippen LogP contribution is -2.47. The van der Waals surface area contributed by atoms with E-state index in [9.17, 15) is 4.79 Å². The van der Waals surface area contributed by atoms with Crippen LogP contribution in [0, 0.1) is 11.8 Å². The molecule has 4 rings (SSSR count). The number of carbonyl (C=O) groups excluding carboxylic acids is 1. The maximum atomic E-state index is 12.8. The fraction of sp³-hybridized carbons (Fsp3) is 0.611. The van der Waals surface area contributed by atoms with E-state index in [1.54, 1.807) is 11.8 Å². The Balaban J connectivity index is 1.42. The van der Waals surface area contributed by atoms with Gasteiger partial charge in [-0.15, -0.1) is 11.8 Å². The van der Waals surface area contributed by atoms with E-state index in [0.717, 1.165) is 31.3 Å². The summed E-state index contributed by atoms with van der Waals surface area (Å²) in [6.45, 7) is 2.02. The van der Waals surface area contributed by atoms with Crippen LogP contribution in [0.3, 0.4) is 0 Å². The summed E-state index contributed by atoms with van der Waals surface area (Å²) in [5.74, 6) is 2.07. The molecule has 2 aliphatic heterocycles. The van der Waals surface area contributed by atoms with E-state index in [1.807, 2.05) is 0 Å². The van der Waals surface area contributed by atoms with Gasteiger partial charge in [-0.25, -0.2) is 0 Å². The second-order valence-corrected chi connectivity index (χ2v) is 8.04. The van der Waals surface area contributed by atoms with E-state index < -0.39 is 0 Å². The minimum atomic E-state index is 0.127. The molecule has 1 saturated carbocycles. The maximum Gasteiger partial charge on any atom is 0.236 e. The van der Waals surface area contributed by atoms with Gasteiger partial charge in [0, 0.05) is 18.0 Å². The Kier molecular flexibility index (Phi) is 3.70. The average molecular weight is 301 g/mol. The predicted molar refractivity (Wildman–Crippen MR) is 86.4 cm³/mol. The van der Waals surface area contributed by atoms with Crippen molar-refractivity contribution in [3.63, 3.8) is 0 Å². The van der Waals surface area contributed by atoms with Gasteiger partial charge < -0.3 is 4.90 Å². The lowest BCUT2D eigenvalue weighted by Gasteiger charge is -2.42. The van der Waals surface area contributed by atoms with Gasteiger partial charge in [0.05, 0.1) is 5.25 Å². The van der Waals surface area contributed by atoms with Crippen molar-refractivity contribution in [3.8, 4) is 0 Å². The van der Waals surface area contributed by atoms with Crippen LogP contribution in [0.2, 0.25) is 0 Å². The highest BCUT2D eigenvalue weighted by atomic mass is 32.2. The van der Waals surface area contributed by atoms with Crippen LogP contribution in [0.15, 0.2) is 29.2 Å². The van der Waals surface area contributed by atoms with Gasteiger partial charge in [0.1, 0.15) is 0 Å². The van der Waals surface area contributed by atoms with Gasteiger partial charge in [-0.1, -0.05) is 37.5 Å². The molecule has 0 spiro atoms. The van der Waals surface area contributed by atoms with Crippen molar-refractivity contribution >= 4 is 17.7 Å². The fourth-order valence-electron chi connectivity index (χ4n) is 4.32. The minimum absolute atomic E-state index is 0.127. The number of amides is 1. The van der Waals surface area contributed by atoms with Crippen molar-refractivity contribution in [2.75, 3.05) is 13.1 Å². The lowest BCUT2D eigenvalue weighted by atomic mass is 9.75. The van der Waals surface area contributed by atoms with Crippen LogP contribution < -0.4 is 0 Å². The first-order valence-corrected chi connectivity index (χ1v) is 9.22. The monoisotopic (exact) mass is 301 g/mol. The van der Waals surface area contributed by atoms with E-state index in [4.69, 9.17) is 0 Å². The third kappa shape index (κ3) is 2.61. The van der Waals surface area contributed by atoms with Crippen LogP contribution in [0.1, 0.15) is 37.7 Å². The minimum Gasteiger partial charge on any atom is -0.341 e. The van der Waals surface area contributed by atoms with E-state index in [0.29, 0.717) is 5.91 Å². The molecule has 3 atom stereocenters. The summed E-state index contributed by atoms with van der Waals surface area (Å²) in [4.78, 5) is 16.3. The highest BCUT2D eigenvalue weighted by Crippen LogP contribution is 2.40. The normalized spacial score (nSPS) is 31.6. The highest BCUT2D eigenvalue weighted by molar-refractivity contribution is 8.01. The number of benzene rings is 1. The number of carbonyl (C=O) groups is 1. The quantitative estimate of drug-likeness (QED) is 0.787. The van der Waals surface area contributed by atoms with E-state index in [2.05, 4.69) is 29.2 Å². The molecule has 3 aliphatic rings. The van der Waals surface area contributed by atoms with Crippen LogP contribution in [0.5, 0.6) is 0 Å². The van der Waals surface area contributed by atoms with E-state index in [-0.39, 0.29) is 5.25 Å². The van der Waals surface area contributed by atoms with Crippen molar-refractivity contribution < 1.29 is 4.79 Å². The summed E-state index contributed by atoms with van der Waals surface area (Å²) in [6.07, 6.45) is 7.67. The number of piperidine rings is 1. The average Bonchev–Trinajstić information content (AvgIpc) is 2.97. The first-order valence-electron chi connectivity index (χ1n) is 8.34. The SMILES string of the molecule is O=C([C@@H]1Cc2ccccc2S1)N1CC[C@H]2CCCC[C@H]2C1. The molecule has 0 unspecified atom stereocenters. The summed E-state index contributed by atoms with van der Waals surface area (Å²) in [6, 6.07) is 8.48. The number of likely N-dealkylation sites (tertiary alicyclic amines) is 1. The molecule has 1 aromatic carbocycles. The standard InChI is InChI=1S/C18H23NOS/c20-18(17-11-14-6-3-4-8-16(14)21-17)19-10-9-13-5-1-2-7-15(13)12-19/h3-4,6,8,13,15,17H,1-2,5,7,9-12H2/t13-,15+,17+/m1/s1. The Morgan fingerprint density at radius 1 is 1.10 bits per heavy atom. The van der Waals surface area contributed by atoms with Gasteiger partial charge in [-0.2, -0.15) is 0 Å². The number of thioether (sulfide) groups is 1. The van der Waals surface area contributed by atoms with Gasteiger partial charge in [-0.3, -0.25) is 4.79 Å². The molecule has 0 N–H and O–H groups in total. The zero-order chi connectivity index (χ0) is 14.2. The Labute approximate surface area is 131 Å². The van der Waals surface area contributed by atoms with Crippen LogP contribution in [-0.2, 0) is 11.2 Å². The van der Waals surface area contributed by atoms with Crippen LogP contribution >= 0.6 is 11.8 Å². The van der Waals surface area contributed by atoms with Crippen molar-refractivity contribution in [3.05, 3.63) is 29.8 Å². The number of hydrogen-bond donors (Lipinski definition) is 0. The number of nitrogens with zero attached hydrogens (tertiary/aromatic N) is 1. The molecular formula is C18H23NOS. The molecule has 0 bridgehead atoms. The largest absolute Gasteiger partial charge is 0.341 e. The second-order valence-electron chi connectivity index (χ2n) is 6.80. The Hall–Kier alpha value is -0.960. The van der Waals surface area contributed by atoms with Gasteiger partial charge in [0.2, 0.25) is 5.91 Å². The third-order valence-electron chi connectivity index (χ3n) is 5.53. The third-order valence-corrected chi connectivity index (χ3v) is 6.83. The van der Waals surface area contributed by atoms with Crippen molar-refractivity contribution in [1.82, 2.24) is 4.90 Å². The molecule has 1 amide bonds.